The van der Waals surface area contributed by atoms with Crippen LogP contribution in [0.3, 0.4) is 0 Å². The fraction of sp³-hybridized carbons (Fsp3) is 0.481. The van der Waals surface area contributed by atoms with Gasteiger partial charge in [0.05, 0.1) is 58.9 Å². The van der Waals surface area contributed by atoms with Gasteiger partial charge < -0.3 is 14.6 Å². The lowest BCUT2D eigenvalue weighted by Gasteiger charge is -2.23. The Balaban J connectivity index is 1.73. The van der Waals surface area contributed by atoms with Gasteiger partial charge in [0.1, 0.15) is 11.6 Å². The Hall–Kier alpha value is -3.70. The first-order valence-corrected chi connectivity index (χ1v) is 13.0. The first-order chi connectivity index (χ1) is 18.2. The van der Waals surface area contributed by atoms with E-state index in [2.05, 4.69) is 27.1 Å². The average Bonchev–Trinajstić information content (AvgIpc) is 3.46. The van der Waals surface area contributed by atoms with Crippen LogP contribution in [0.1, 0.15) is 49.1 Å². The van der Waals surface area contributed by atoms with E-state index in [0.717, 1.165) is 50.5 Å². The number of rotatable bonds is 4. The number of pyridine rings is 1. The summed E-state index contributed by atoms with van der Waals surface area (Å²) < 4.78 is 16.1. The van der Waals surface area contributed by atoms with Crippen LogP contribution in [-0.2, 0) is 20.1 Å². The van der Waals surface area contributed by atoms with Crippen LogP contribution in [-0.4, -0.2) is 77.2 Å². The number of aromatic nitrogens is 7. The molecule has 38 heavy (non-hydrogen) atoms. The first-order valence-electron chi connectivity index (χ1n) is 13.0. The molecule has 2 atom stereocenters. The van der Waals surface area contributed by atoms with Crippen LogP contribution in [0.2, 0.25) is 0 Å². The highest BCUT2D eigenvalue weighted by Gasteiger charge is 2.25. The molecule has 0 aliphatic carbocycles. The summed E-state index contributed by atoms with van der Waals surface area (Å²) >= 11 is 0. The molecule has 11 nitrogen and oxygen atoms in total. The van der Waals surface area contributed by atoms with E-state index in [0.29, 0.717) is 38.0 Å². The number of likely N-dealkylation sites (N-methyl/N-ethyl adjacent to an activating group) is 1. The molecular formula is C27H36N8O3. The van der Waals surface area contributed by atoms with Crippen molar-refractivity contribution in [3.63, 3.8) is 0 Å². The topological polar surface area (TPSA) is 119 Å². The molecule has 0 saturated heterocycles. The van der Waals surface area contributed by atoms with Crippen LogP contribution in [0.4, 0.5) is 0 Å². The minimum Gasteiger partial charge on any atom is -0.476 e. The van der Waals surface area contributed by atoms with Gasteiger partial charge in [0.25, 0.3) is 0 Å². The van der Waals surface area contributed by atoms with Crippen LogP contribution in [0.5, 0.6) is 11.8 Å². The third kappa shape index (κ3) is 4.79. The van der Waals surface area contributed by atoms with Crippen molar-refractivity contribution in [2.75, 3.05) is 20.2 Å². The van der Waals surface area contributed by atoms with Gasteiger partial charge in [-0.1, -0.05) is 0 Å². The Morgan fingerprint density at radius 1 is 1.21 bits per heavy atom. The summed E-state index contributed by atoms with van der Waals surface area (Å²) in [6, 6.07) is 2.04. The van der Waals surface area contributed by atoms with Gasteiger partial charge in [-0.25, -0.2) is 4.68 Å². The molecule has 0 amide bonds. The molecule has 0 unspecified atom stereocenters. The summed E-state index contributed by atoms with van der Waals surface area (Å²) in [6.07, 6.45) is 3.33. The second-order valence-electron chi connectivity index (χ2n) is 10.1. The smallest absolute Gasteiger partial charge is 0.240 e. The number of aryl methyl sites for hydroxylation is 3. The van der Waals surface area contributed by atoms with E-state index in [1.54, 1.807) is 11.6 Å². The fourth-order valence-electron chi connectivity index (χ4n) is 5.13. The van der Waals surface area contributed by atoms with Crippen molar-refractivity contribution in [2.45, 2.75) is 59.9 Å². The third-order valence-corrected chi connectivity index (χ3v) is 6.67. The molecular weight excluding hydrogens is 484 g/mol. The lowest BCUT2D eigenvalue weighted by atomic mass is 10.1. The fourth-order valence-corrected chi connectivity index (χ4v) is 5.13. The number of ether oxygens (including phenoxy) is 2. The molecule has 0 saturated carbocycles. The maximum atomic E-state index is 10.2. The Labute approximate surface area is 222 Å². The van der Waals surface area contributed by atoms with Gasteiger partial charge in [0, 0.05) is 25.5 Å². The van der Waals surface area contributed by atoms with Gasteiger partial charge in [-0.15, -0.1) is 5.10 Å². The zero-order chi connectivity index (χ0) is 27.1. The van der Waals surface area contributed by atoms with Gasteiger partial charge in [-0.05, 0) is 59.9 Å². The minimum atomic E-state index is -0.557. The zero-order valence-electron chi connectivity index (χ0n) is 23.1. The number of nitrogens with zero attached hydrogens (tertiary/aromatic N) is 7. The van der Waals surface area contributed by atoms with Crippen molar-refractivity contribution in [1.29, 1.82) is 0 Å². The number of aliphatic hydroxyl groups is 1. The second kappa shape index (κ2) is 10.2. The van der Waals surface area contributed by atoms with Crippen LogP contribution in [0.15, 0.2) is 6.07 Å². The van der Waals surface area contributed by atoms with E-state index < -0.39 is 6.10 Å². The first kappa shape index (κ1) is 25.9. The molecule has 0 fully saturated rings. The molecule has 4 aromatic heterocycles. The maximum Gasteiger partial charge on any atom is 0.240 e. The van der Waals surface area contributed by atoms with E-state index in [9.17, 15) is 5.11 Å². The van der Waals surface area contributed by atoms with Crippen molar-refractivity contribution >= 4 is 23.1 Å². The standard InChI is InChI=1S/C27H36N8O3/c1-8-37-26-19-9-10-21-20-11-22(28-18(5)25(20)30-29-21)24-17(4)31-34(7)27(24)38-16(3)13-33(6)14-23(19)35(32-26)12-15(2)36/h9-11,15-16,36H,8,12-14H2,1-7H3,(H,29,30)/b10-9+/t15-,16-/m0/s1. The maximum absolute atomic E-state index is 10.2. The summed E-state index contributed by atoms with van der Waals surface area (Å²) in [6.45, 7) is 11.8. The van der Waals surface area contributed by atoms with Crippen molar-refractivity contribution in [1.82, 2.24) is 39.6 Å². The molecule has 202 valence electrons. The minimum absolute atomic E-state index is 0.133. The van der Waals surface area contributed by atoms with E-state index in [4.69, 9.17) is 19.6 Å². The Kier molecular flexibility index (Phi) is 6.97. The van der Waals surface area contributed by atoms with E-state index in [-0.39, 0.29) is 6.10 Å². The van der Waals surface area contributed by atoms with E-state index >= 15 is 0 Å². The Bertz CT molecular complexity index is 1500. The highest BCUT2D eigenvalue weighted by atomic mass is 16.5. The molecule has 0 spiro atoms. The predicted octanol–water partition coefficient (Wildman–Crippen LogP) is 3.33. The SMILES string of the molecule is CCOc1nn(C[C@H](C)O)c2c1/C=C/c1[nH]nc3c(C)nc(cc13)-c1c(C)nn(C)c1O[C@@H](C)CN(C)C2. The van der Waals surface area contributed by atoms with Crippen LogP contribution in [0, 0.1) is 13.8 Å². The molecule has 5 heterocycles. The van der Waals surface area contributed by atoms with Crippen molar-refractivity contribution in [3.8, 4) is 23.0 Å². The average molecular weight is 521 g/mol. The molecule has 2 bridgehead atoms. The van der Waals surface area contributed by atoms with Crippen molar-refractivity contribution < 1.29 is 14.6 Å². The summed E-state index contributed by atoms with van der Waals surface area (Å²) in [7, 11) is 3.94. The third-order valence-electron chi connectivity index (χ3n) is 6.67. The molecule has 11 heteroatoms. The van der Waals surface area contributed by atoms with Crippen molar-refractivity contribution in [2.24, 2.45) is 7.05 Å². The molecule has 1 aliphatic heterocycles. The number of hydrogen-bond acceptors (Lipinski definition) is 8. The number of H-pyrrole nitrogens is 1. The predicted molar refractivity (Wildman–Crippen MR) is 146 cm³/mol. The molecule has 2 N–H and O–H groups in total. The summed E-state index contributed by atoms with van der Waals surface area (Å²) in [5.74, 6) is 1.22. The number of hydrogen-bond donors (Lipinski definition) is 2. The van der Waals surface area contributed by atoms with E-state index in [1.165, 1.54) is 0 Å². The lowest BCUT2D eigenvalue weighted by Crippen LogP contribution is -2.32. The quantitative estimate of drug-likeness (QED) is 0.421. The van der Waals surface area contributed by atoms with Crippen LogP contribution < -0.4 is 9.47 Å². The molecule has 1 aliphatic rings. The lowest BCUT2D eigenvalue weighted by molar-refractivity contribution is 0.142. The number of aliphatic hydroxyl groups excluding tert-OH is 1. The number of fused-ring (bicyclic) bond motifs is 4. The summed E-state index contributed by atoms with van der Waals surface area (Å²) in [5.41, 5.74) is 6.84. The molecule has 4 aromatic rings. The van der Waals surface area contributed by atoms with E-state index in [1.807, 2.05) is 57.8 Å². The number of aromatic amines is 1. The Morgan fingerprint density at radius 2 is 2.00 bits per heavy atom. The summed E-state index contributed by atoms with van der Waals surface area (Å²) in [5, 5.41) is 28.2. The van der Waals surface area contributed by atoms with Crippen molar-refractivity contribution in [3.05, 3.63) is 34.4 Å². The highest BCUT2D eigenvalue weighted by Crippen LogP contribution is 2.36. The van der Waals surface area contributed by atoms with Gasteiger partial charge in [-0.3, -0.25) is 19.7 Å². The van der Waals surface area contributed by atoms with Crippen LogP contribution >= 0.6 is 0 Å². The molecule has 5 rings (SSSR count). The van der Waals surface area contributed by atoms with Gasteiger partial charge >= 0.3 is 0 Å². The second-order valence-corrected chi connectivity index (χ2v) is 10.1. The summed E-state index contributed by atoms with van der Waals surface area (Å²) in [4.78, 5) is 7.07. The largest absolute Gasteiger partial charge is 0.476 e. The van der Waals surface area contributed by atoms with Crippen LogP contribution in [0.25, 0.3) is 34.3 Å². The zero-order valence-corrected chi connectivity index (χ0v) is 23.1. The molecule has 0 aromatic carbocycles. The normalized spacial score (nSPS) is 17.9. The molecule has 0 radical (unpaired) electrons. The monoisotopic (exact) mass is 520 g/mol. The Morgan fingerprint density at radius 3 is 2.74 bits per heavy atom. The highest BCUT2D eigenvalue weighted by molar-refractivity contribution is 5.93. The van der Waals surface area contributed by atoms with Gasteiger partial charge in [-0.2, -0.15) is 10.2 Å². The number of nitrogens with one attached hydrogen (secondary N) is 1. The van der Waals surface area contributed by atoms with Gasteiger partial charge in [0.15, 0.2) is 0 Å². The van der Waals surface area contributed by atoms with Gasteiger partial charge in [0.2, 0.25) is 11.8 Å².